The number of hydrogen-bond donors (Lipinski definition) is 1. The Balaban J connectivity index is 2.72. The molecule has 0 saturated carbocycles. The summed E-state index contributed by atoms with van der Waals surface area (Å²) in [5.74, 6) is 2.27. The van der Waals surface area contributed by atoms with Crippen LogP contribution in [0.1, 0.15) is 11.8 Å². The molecule has 0 aliphatic rings. The van der Waals surface area contributed by atoms with Crippen molar-refractivity contribution in [3.05, 3.63) is 42.2 Å². The molecule has 2 heteroatoms. The SMILES string of the molecule is C#C[C@H](O)c1nccc2ccccc12. The van der Waals surface area contributed by atoms with Crippen LogP contribution < -0.4 is 0 Å². The van der Waals surface area contributed by atoms with Crippen LogP contribution in [0.15, 0.2) is 36.5 Å². The van der Waals surface area contributed by atoms with Crippen LogP contribution in [0.25, 0.3) is 10.8 Å². The average molecular weight is 183 g/mol. The first-order chi connectivity index (χ1) is 6.83. The molecule has 0 fully saturated rings. The zero-order chi connectivity index (χ0) is 9.97. The molecule has 1 heterocycles. The summed E-state index contributed by atoms with van der Waals surface area (Å²) in [4.78, 5) is 4.09. The minimum Gasteiger partial charge on any atom is -0.374 e. The highest BCUT2D eigenvalue weighted by molar-refractivity contribution is 5.84. The first kappa shape index (κ1) is 8.74. The van der Waals surface area contributed by atoms with Crippen molar-refractivity contribution in [2.45, 2.75) is 6.10 Å². The zero-order valence-corrected chi connectivity index (χ0v) is 7.51. The highest BCUT2D eigenvalue weighted by Crippen LogP contribution is 2.21. The van der Waals surface area contributed by atoms with Crippen molar-refractivity contribution in [1.29, 1.82) is 0 Å². The molecule has 0 aliphatic heterocycles. The van der Waals surface area contributed by atoms with E-state index in [1.807, 2.05) is 30.3 Å². The molecule has 2 aromatic rings. The third kappa shape index (κ3) is 1.34. The van der Waals surface area contributed by atoms with Crippen molar-refractivity contribution < 1.29 is 5.11 Å². The van der Waals surface area contributed by atoms with Gasteiger partial charge in [-0.1, -0.05) is 30.2 Å². The van der Waals surface area contributed by atoms with Gasteiger partial charge >= 0.3 is 0 Å². The van der Waals surface area contributed by atoms with Gasteiger partial charge in [0.15, 0.2) is 6.10 Å². The Hall–Kier alpha value is -1.85. The molecular formula is C12H9NO. The molecule has 1 atom stereocenters. The second-order valence-corrected chi connectivity index (χ2v) is 2.99. The van der Waals surface area contributed by atoms with Crippen molar-refractivity contribution in [3.63, 3.8) is 0 Å². The van der Waals surface area contributed by atoms with E-state index in [9.17, 15) is 5.11 Å². The van der Waals surface area contributed by atoms with Gasteiger partial charge in [0.25, 0.3) is 0 Å². The fourth-order valence-corrected chi connectivity index (χ4v) is 1.44. The van der Waals surface area contributed by atoms with Crippen LogP contribution in [-0.2, 0) is 0 Å². The maximum atomic E-state index is 9.53. The van der Waals surface area contributed by atoms with Crippen LogP contribution in [0.4, 0.5) is 0 Å². The Labute approximate surface area is 82.2 Å². The molecule has 2 rings (SSSR count). The molecule has 1 N–H and O–H groups in total. The standard InChI is InChI=1S/C12H9NO/c1-2-11(14)12-10-6-4-3-5-9(10)7-8-13-12/h1,3-8,11,14H/t11-/m0/s1. The number of terminal acetylenes is 1. The van der Waals surface area contributed by atoms with Gasteiger partial charge in [-0.3, -0.25) is 4.98 Å². The van der Waals surface area contributed by atoms with Gasteiger partial charge in [-0.2, -0.15) is 0 Å². The Morgan fingerprint density at radius 2 is 2.07 bits per heavy atom. The van der Waals surface area contributed by atoms with Crippen LogP contribution >= 0.6 is 0 Å². The predicted molar refractivity (Wildman–Crippen MR) is 55.5 cm³/mol. The summed E-state index contributed by atoms with van der Waals surface area (Å²) in [6.45, 7) is 0. The number of rotatable bonds is 1. The second kappa shape index (κ2) is 3.49. The fourth-order valence-electron chi connectivity index (χ4n) is 1.44. The van der Waals surface area contributed by atoms with Gasteiger partial charge in [0.2, 0.25) is 0 Å². The van der Waals surface area contributed by atoms with Gasteiger partial charge in [0, 0.05) is 11.6 Å². The lowest BCUT2D eigenvalue weighted by Crippen LogP contribution is -1.97. The van der Waals surface area contributed by atoms with Crippen LogP contribution in [0, 0.1) is 12.3 Å². The van der Waals surface area contributed by atoms with Crippen LogP contribution in [0.5, 0.6) is 0 Å². The number of pyridine rings is 1. The highest BCUT2D eigenvalue weighted by Gasteiger charge is 2.08. The van der Waals surface area contributed by atoms with E-state index in [-0.39, 0.29) is 0 Å². The van der Waals surface area contributed by atoms with E-state index in [1.54, 1.807) is 6.20 Å². The minimum absolute atomic E-state index is 0.547. The first-order valence-corrected chi connectivity index (χ1v) is 4.31. The van der Waals surface area contributed by atoms with Gasteiger partial charge in [0.05, 0.1) is 5.69 Å². The third-order valence-corrected chi connectivity index (χ3v) is 2.12. The maximum absolute atomic E-state index is 9.53. The lowest BCUT2D eigenvalue weighted by atomic mass is 10.1. The molecule has 0 bridgehead atoms. The van der Waals surface area contributed by atoms with E-state index in [4.69, 9.17) is 6.42 Å². The Morgan fingerprint density at radius 1 is 1.29 bits per heavy atom. The molecule has 0 radical (unpaired) electrons. The van der Waals surface area contributed by atoms with E-state index in [2.05, 4.69) is 10.9 Å². The fraction of sp³-hybridized carbons (Fsp3) is 0.0833. The average Bonchev–Trinajstić information content (AvgIpc) is 2.27. The topological polar surface area (TPSA) is 33.1 Å². The molecule has 1 aromatic carbocycles. The van der Waals surface area contributed by atoms with Gasteiger partial charge < -0.3 is 5.11 Å². The van der Waals surface area contributed by atoms with E-state index in [0.717, 1.165) is 10.8 Å². The molecule has 0 amide bonds. The van der Waals surface area contributed by atoms with E-state index < -0.39 is 6.10 Å². The number of aliphatic hydroxyl groups is 1. The summed E-state index contributed by atoms with van der Waals surface area (Å²) < 4.78 is 0. The van der Waals surface area contributed by atoms with Crippen molar-refractivity contribution in [1.82, 2.24) is 4.98 Å². The largest absolute Gasteiger partial charge is 0.374 e. The molecule has 14 heavy (non-hydrogen) atoms. The Kier molecular flexibility index (Phi) is 2.18. The van der Waals surface area contributed by atoms with Crippen LogP contribution in [0.3, 0.4) is 0 Å². The number of benzene rings is 1. The minimum atomic E-state index is -0.930. The Bertz CT molecular complexity index is 494. The molecule has 68 valence electrons. The van der Waals surface area contributed by atoms with E-state index in [1.165, 1.54) is 0 Å². The molecule has 0 saturated heterocycles. The molecule has 2 nitrogen and oxygen atoms in total. The van der Waals surface area contributed by atoms with E-state index in [0.29, 0.717) is 5.69 Å². The van der Waals surface area contributed by atoms with Crippen LogP contribution in [-0.4, -0.2) is 10.1 Å². The monoisotopic (exact) mass is 183 g/mol. The predicted octanol–water partition coefficient (Wildman–Crippen LogP) is 1.90. The number of fused-ring (bicyclic) bond motifs is 1. The lowest BCUT2D eigenvalue weighted by Gasteiger charge is -2.06. The third-order valence-electron chi connectivity index (χ3n) is 2.12. The maximum Gasteiger partial charge on any atom is 0.157 e. The second-order valence-electron chi connectivity index (χ2n) is 2.99. The van der Waals surface area contributed by atoms with Crippen molar-refractivity contribution in [2.24, 2.45) is 0 Å². The number of hydrogen-bond acceptors (Lipinski definition) is 2. The summed E-state index contributed by atoms with van der Waals surface area (Å²) >= 11 is 0. The highest BCUT2D eigenvalue weighted by atomic mass is 16.3. The van der Waals surface area contributed by atoms with Crippen molar-refractivity contribution in [2.75, 3.05) is 0 Å². The van der Waals surface area contributed by atoms with Crippen molar-refractivity contribution >= 4 is 10.8 Å². The van der Waals surface area contributed by atoms with Crippen LogP contribution in [0.2, 0.25) is 0 Å². The number of nitrogens with zero attached hydrogens (tertiary/aromatic N) is 1. The quantitative estimate of drug-likeness (QED) is 0.685. The summed E-state index contributed by atoms with van der Waals surface area (Å²) in [6, 6.07) is 9.59. The summed E-state index contributed by atoms with van der Waals surface area (Å²) in [5, 5.41) is 11.5. The Morgan fingerprint density at radius 3 is 2.86 bits per heavy atom. The van der Waals surface area contributed by atoms with Gasteiger partial charge in [-0.05, 0) is 11.5 Å². The molecule has 0 spiro atoms. The number of aliphatic hydroxyl groups excluding tert-OH is 1. The van der Waals surface area contributed by atoms with Crippen molar-refractivity contribution in [3.8, 4) is 12.3 Å². The lowest BCUT2D eigenvalue weighted by molar-refractivity contribution is 0.235. The van der Waals surface area contributed by atoms with Gasteiger partial charge in [0.1, 0.15) is 0 Å². The summed E-state index contributed by atoms with van der Waals surface area (Å²) in [6.07, 6.45) is 5.88. The van der Waals surface area contributed by atoms with E-state index >= 15 is 0 Å². The number of aromatic nitrogens is 1. The molecule has 0 aliphatic carbocycles. The summed E-state index contributed by atoms with van der Waals surface area (Å²) in [7, 11) is 0. The molecular weight excluding hydrogens is 174 g/mol. The van der Waals surface area contributed by atoms with Gasteiger partial charge in [-0.15, -0.1) is 6.42 Å². The smallest absolute Gasteiger partial charge is 0.157 e. The normalized spacial score (nSPS) is 12.3. The summed E-state index contributed by atoms with van der Waals surface area (Å²) in [5.41, 5.74) is 0.547. The molecule has 1 aromatic heterocycles. The zero-order valence-electron chi connectivity index (χ0n) is 7.51. The first-order valence-electron chi connectivity index (χ1n) is 4.31. The molecule has 0 unspecified atom stereocenters. The van der Waals surface area contributed by atoms with Gasteiger partial charge in [-0.25, -0.2) is 0 Å².